The molecule has 5 heteroatoms. The number of fused-ring (bicyclic) bond motifs is 1. The molecule has 1 aliphatic rings. The third-order valence-electron chi connectivity index (χ3n) is 2.29. The topological polar surface area (TPSA) is 67.8 Å². The minimum absolute atomic E-state index is 0.0870. The van der Waals surface area contributed by atoms with Crippen LogP contribution in [0.4, 0.5) is 0 Å². The van der Waals surface area contributed by atoms with Crippen molar-refractivity contribution in [1.82, 2.24) is 5.32 Å². The first kappa shape index (κ1) is 10.8. The number of aliphatic hydroxyl groups excluding tert-OH is 1. The molecule has 0 fully saturated rings. The lowest BCUT2D eigenvalue weighted by Crippen LogP contribution is -2.34. The van der Waals surface area contributed by atoms with Gasteiger partial charge in [0.1, 0.15) is 0 Å². The van der Waals surface area contributed by atoms with Gasteiger partial charge in [-0.05, 0) is 25.1 Å². The molecule has 1 aromatic rings. The molecule has 1 atom stereocenters. The van der Waals surface area contributed by atoms with Gasteiger partial charge in [-0.25, -0.2) is 0 Å². The zero-order valence-corrected chi connectivity index (χ0v) is 8.90. The predicted octanol–water partition coefficient (Wildman–Crippen LogP) is 0.526. The maximum atomic E-state index is 11.7. The third kappa shape index (κ3) is 2.09. The first-order chi connectivity index (χ1) is 7.70. The molecule has 16 heavy (non-hydrogen) atoms. The first-order valence-electron chi connectivity index (χ1n) is 5.02. The number of amides is 1. The van der Waals surface area contributed by atoms with E-state index in [0.29, 0.717) is 17.1 Å². The van der Waals surface area contributed by atoms with E-state index < -0.39 is 0 Å². The van der Waals surface area contributed by atoms with Crippen LogP contribution in [0.5, 0.6) is 11.5 Å². The highest BCUT2D eigenvalue weighted by atomic mass is 16.7. The standard InChI is InChI=1S/C11H13NO4/c1-7(5-13)12-11(14)8-2-3-9-10(4-8)16-6-15-9/h2-4,7,13H,5-6H2,1H3,(H,12,14)/t7-/m0/s1. The summed E-state index contributed by atoms with van der Waals surface area (Å²) in [5.41, 5.74) is 0.490. The van der Waals surface area contributed by atoms with Crippen LogP contribution in [0.1, 0.15) is 17.3 Å². The van der Waals surface area contributed by atoms with E-state index in [1.165, 1.54) is 0 Å². The summed E-state index contributed by atoms with van der Waals surface area (Å²) in [6.07, 6.45) is 0. The fourth-order valence-electron chi connectivity index (χ4n) is 1.39. The normalized spacial score (nSPS) is 14.6. The highest BCUT2D eigenvalue weighted by Gasteiger charge is 2.16. The van der Waals surface area contributed by atoms with Crippen molar-refractivity contribution in [2.75, 3.05) is 13.4 Å². The average molecular weight is 223 g/mol. The molecule has 1 aliphatic heterocycles. The number of hydrogen-bond donors (Lipinski definition) is 2. The number of ether oxygens (including phenoxy) is 2. The minimum Gasteiger partial charge on any atom is -0.454 e. The largest absolute Gasteiger partial charge is 0.454 e. The minimum atomic E-state index is -0.266. The molecule has 1 heterocycles. The van der Waals surface area contributed by atoms with Crippen LogP contribution >= 0.6 is 0 Å². The number of carbonyl (C=O) groups excluding carboxylic acids is 1. The van der Waals surface area contributed by atoms with Crippen LogP contribution in [0.3, 0.4) is 0 Å². The molecule has 0 aromatic heterocycles. The van der Waals surface area contributed by atoms with Crippen molar-refractivity contribution in [3.63, 3.8) is 0 Å². The van der Waals surface area contributed by atoms with E-state index in [1.54, 1.807) is 25.1 Å². The van der Waals surface area contributed by atoms with Gasteiger partial charge in [0, 0.05) is 11.6 Å². The summed E-state index contributed by atoms with van der Waals surface area (Å²) in [5, 5.41) is 11.5. The lowest BCUT2D eigenvalue weighted by atomic mass is 10.2. The third-order valence-corrected chi connectivity index (χ3v) is 2.29. The Bertz CT molecular complexity index is 405. The average Bonchev–Trinajstić information content (AvgIpc) is 2.75. The van der Waals surface area contributed by atoms with E-state index in [4.69, 9.17) is 14.6 Å². The number of hydrogen-bond acceptors (Lipinski definition) is 4. The van der Waals surface area contributed by atoms with Crippen molar-refractivity contribution in [1.29, 1.82) is 0 Å². The summed E-state index contributed by atoms with van der Waals surface area (Å²) in [5.74, 6) is 0.982. The van der Waals surface area contributed by atoms with Crippen molar-refractivity contribution in [2.45, 2.75) is 13.0 Å². The molecule has 2 rings (SSSR count). The molecule has 0 bridgehead atoms. The molecule has 0 unspecified atom stereocenters. The Labute approximate surface area is 93.0 Å². The van der Waals surface area contributed by atoms with Gasteiger partial charge in [0.05, 0.1) is 6.61 Å². The predicted molar refractivity (Wildman–Crippen MR) is 56.6 cm³/mol. The fourth-order valence-corrected chi connectivity index (χ4v) is 1.39. The smallest absolute Gasteiger partial charge is 0.251 e. The lowest BCUT2D eigenvalue weighted by molar-refractivity contribution is 0.0922. The zero-order chi connectivity index (χ0) is 11.5. The Balaban J connectivity index is 2.12. The van der Waals surface area contributed by atoms with E-state index in [0.717, 1.165) is 0 Å². The van der Waals surface area contributed by atoms with Gasteiger partial charge in [-0.2, -0.15) is 0 Å². The van der Waals surface area contributed by atoms with E-state index >= 15 is 0 Å². The molecule has 0 aliphatic carbocycles. The molecule has 0 saturated heterocycles. The summed E-state index contributed by atoms with van der Waals surface area (Å²) in [6.45, 7) is 1.83. The van der Waals surface area contributed by atoms with Gasteiger partial charge in [0.25, 0.3) is 5.91 Å². The summed E-state index contributed by atoms with van der Waals surface area (Å²) in [6, 6.07) is 4.72. The van der Waals surface area contributed by atoms with Crippen LogP contribution in [0.25, 0.3) is 0 Å². The summed E-state index contributed by atoms with van der Waals surface area (Å²) >= 11 is 0. The van der Waals surface area contributed by atoms with Gasteiger partial charge in [-0.3, -0.25) is 4.79 Å². The maximum absolute atomic E-state index is 11.7. The number of carbonyl (C=O) groups is 1. The molecular weight excluding hydrogens is 210 g/mol. The molecule has 0 spiro atoms. The molecular formula is C11H13NO4. The van der Waals surface area contributed by atoms with E-state index in [2.05, 4.69) is 5.32 Å². The van der Waals surface area contributed by atoms with E-state index in [-0.39, 0.29) is 25.3 Å². The van der Waals surface area contributed by atoms with Crippen LogP contribution < -0.4 is 14.8 Å². The Morgan fingerprint density at radius 1 is 1.50 bits per heavy atom. The highest BCUT2D eigenvalue weighted by Crippen LogP contribution is 2.32. The summed E-state index contributed by atoms with van der Waals surface area (Å²) in [7, 11) is 0. The van der Waals surface area contributed by atoms with Gasteiger partial charge in [-0.15, -0.1) is 0 Å². The molecule has 2 N–H and O–H groups in total. The van der Waals surface area contributed by atoms with Crippen LogP contribution in [-0.2, 0) is 0 Å². The maximum Gasteiger partial charge on any atom is 0.251 e. The lowest BCUT2D eigenvalue weighted by Gasteiger charge is -2.10. The van der Waals surface area contributed by atoms with Gasteiger partial charge >= 0.3 is 0 Å². The number of benzene rings is 1. The molecule has 5 nitrogen and oxygen atoms in total. The SMILES string of the molecule is C[C@@H](CO)NC(=O)c1ccc2c(c1)OCO2. The zero-order valence-electron chi connectivity index (χ0n) is 8.90. The molecule has 0 radical (unpaired) electrons. The highest BCUT2D eigenvalue weighted by molar-refractivity contribution is 5.95. The molecule has 1 aromatic carbocycles. The van der Waals surface area contributed by atoms with Crippen LogP contribution in [-0.4, -0.2) is 30.5 Å². The summed E-state index contributed by atoms with van der Waals surface area (Å²) in [4.78, 5) is 11.7. The van der Waals surface area contributed by atoms with Crippen molar-refractivity contribution in [2.24, 2.45) is 0 Å². The molecule has 0 saturated carbocycles. The monoisotopic (exact) mass is 223 g/mol. The first-order valence-corrected chi connectivity index (χ1v) is 5.02. The molecule has 1 amide bonds. The van der Waals surface area contributed by atoms with E-state index in [1.807, 2.05) is 0 Å². The fraction of sp³-hybridized carbons (Fsp3) is 0.364. The second-order valence-electron chi connectivity index (χ2n) is 3.63. The second-order valence-corrected chi connectivity index (χ2v) is 3.63. The Morgan fingerprint density at radius 2 is 2.25 bits per heavy atom. The Kier molecular flexibility index (Phi) is 2.96. The van der Waals surface area contributed by atoms with Crippen LogP contribution in [0, 0.1) is 0 Å². The van der Waals surface area contributed by atoms with Gasteiger partial charge < -0.3 is 19.9 Å². The van der Waals surface area contributed by atoms with Crippen LogP contribution in [0.2, 0.25) is 0 Å². The van der Waals surface area contributed by atoms with Gasteiger partial charge in [-0.1, -0.05) is 0 Å². The van der Waals surface area contributed by atoms with Gasteiger partial charge in [0.2, 0.25) is 6.79 Å². The van der Waals surface area contributed by atoms with Crippen LogP contribution in [0.15, 0.2) is 18.2 Å². The summed E-state index contributed by atoms with van der Waals surface area (Å²) < 4.78 is 10.3. The molecule has 86 valence electrons. The van der Waals surface area contributed by atoms with E-state index in [9.17, 15) is 4.79 Å². The second kappa shape index (κ2) is 4.40. The van der Waals surface area contributed by atoms with Crippen molar-refractivity contribution < 1.29 is 19.4 Å². The number of nitrogens with one attached hydrogen (secondary N) is 1. The van der Waals surface area contributed by atoms with Gasteiger partial charge in [0.15, 0.2) is 11.5 Å². The van der Waals surface area contributed by atoms with Crippen molar-refractivity contribution >= 4 is 5.91 Å². The Morgan fingerprint density at radius 3 is 3.00 bits per heavy atom. The number of rotatable bonds is 3. The number of aliphatic hydroxyl groups is 1. The van der Waals surface area contributed by atoms with Crippen molar-refractivity contribution in [3.05, 3.63) is 23.8 Å². The Hall–Kier alpha value is -1.75. The quantitative estimate of drug-likeness (QED) is 0.784. The van der Waals surface area contributed by atoms with Crippen molar-refractivity contribution in [3.8, 4) is 11.5 Å².